The van der Waals surface area contributed by atoms with E-state index in [0.717, 1.165) is 11.6 Å². The number of hydrogen-bond donors (Lipinski definition) is 1. The van der Waals surface area contributed by atoms with E-state index in [0.29, 0.717) is 27.7 Å². The minimum Gasteiger partial charge on any atom is -0.348 e. The molecule has 174 valence electrons. The van der Waals surface area contributed by atoms with E-state index in [1.165, 1.54) is 24.3 Å². The molecule has 0 saturated carbocycles. The molecule has 1 N–H and O–H groups in total. The maximum Gasteiger partial charge on any atom is 0.417 e. The topological polar surface area (TPSA) is 46.9 Å². The molecule has 3 aromatic carbocycles. The van der Waals surface area contributed by atoms with Crippen LogP contribution in [0.4, 0.5) is 13.2 Å². The number of rotatable bonds is 6. The largest absolute Gasteiger partial charge is 0.417 e. The number of imidazole rings is 1. The smallest absolute Gasteiger partial charge is 0.348 e. The van der Waals surface area contributed by atoms with Gasteiger partial charge in [0.25, 0.3) is 5.91 Å². The van der Waals surface area contributed by atoms with Crippen molar-refractivity contribution in [2.45, 2.75) is 19.3 Å². The van der Waals surface area contributed by atoms with Crippen LogP contribution in [0.2, 0.25) is 10.0 Å². The van der Waals surface area contributed by atoms with Crippen molar-refractivity contribution >= 4 is 29.1 Å². The molecular weight excluding hydrogens is 486 g/mol. The summed E-state index contributed by atoms with van der Waals surface area (Å²) < 4.78 is 42.7. The van der Waals surface area contributed by atoms with Crippen LogP contribution in [-0.2, 0) is 19.3 Å². The fourth-order valence-electron chi connectivity index (χ4n) is 3.58. The second-order valence-electron chi connectivity index (χ2n) is 7.63. The number of benzene rings is 3. The summed E-state index contributed by atoms with van der Waals surface area (Å²) in [6.45, 7) is 0.519. The van der Waals surface area contributed by atoms with Gasteiger partial charge < -0.3 is 9.88 Å². The highest BCUT2D eigenvalue weighted by molar-refractivity contribution is 6.42. The van der Waals surface area contributed by atoms with Crippen molar-refractivity contribution in [1.82, 2.24) is 14.9 Å². The Balaban J connectivity index is 1.69. The molecule has 0 unspecified atom stereocenters. The molecule has 1 heterocycles. The number of carbonyl (C=O) groups excluding carboxylic acids is 1. The van der Waals surface area contributed by atoms with E-state index in [1.54, 1.807) is 53.6 Å². The molecule has 1 amide bonds. The molecule has 0 aliphatic carbocycles. The average Bonchev–Trinajstić information content (AvgIpc) is 3.32. The number of nitrogens with zero attached hydrogens (tertiary/aromatic N) is 2. The minimum atomic E-state index is -4.53. The lowest BCUT2D eigenvalue weighted by atomic mass is 9.95. The first-order valence-corrected chi connectivity index (χ1v) is 10.9. The lowest BCUT2D eigenvalue weighted by Crippen LogP contribution is -2.23. The molecule has 1 aromatic heterocycles. The zero-order valence-corrected chi connectivity index (χ0v) is 19.1. The van der Waals surface area contributed by atoms with Crippen LogP contribution in [0.5, 0.6) is 0 Å². The second kappa shape index (κ2) is 9.91. The molecule has 0 spiro atoms. The lowest BCUT2D eigenvalue weighted by Gasteiger charge is -2.15. The standard InChI is InChI=1S/C25H18Cl2F3N3O/c26-22-6-5-16(11-23(22)27)13-32-24(34)19-10-17(14-33-8-7-31-15-33)9-18(12-19)20-3-1-2-4-21(20)25(28,29)30/h1-12,15H,13-14H2,(H,32,34). The Labute approximate surface area is 204 Å². The van der Waals surface area contributed by atoms with Crippen molar-refractivity contribution in [3.05, 3.63) is 112 Å². The van der Waals surface area contributed by atoms with E-state index >= 15 is 0 Å². The molecule has 9 heteroatoms. The quantitative estimate of drug-likeness (QED) is 0.312. The zero-order chi connectivity index (χ0) is 24.3. The molecule has 0 bridgehead atoms. The number of carbonyl (C=O) groups is 1. The Kier molecular flexibility index (Phi) is 6.95. The highest BCUT2D eigenvalue weighted by Crippen LogP contribution is 2.37. The van der Waals surface area contributed by atoms with Crippen molar-refractivity contribution in [2.75, 3.05) is 0 Å². The van der Waals surface area contributed by atoms with Gasteiger partial charge in [-0.25, -0.2) is 4.98 Å². The van der Waals surface area contributed by atoms with E-state index in [2.05, 4.69) is 10.3 Å². The highest BCUT2D eigenvalue weighted by atomic mass is 35.5. The van der Waals surface area contributed by atoms with Crippen molar-refractivity contribution in [3.63, 3.8) is 0 Å². The average molecular weight is 504 g/mol. The number of aromatic nitrogens is 2. The Morgan fingerprint density at radius 3 is 2.47 bits per heavy atom. The van der Waals surface area contributed by atoms with Gasteiger partial charge in [0.2, 0.25) is 0 Å². The molecule has 0 aliphatic rings. The van der Waals surface area contributed by atoms with Crippen LogP contribution in [0.25, 0.3) is 11.1 Å². The van der Waals surface area contributed by atoms with Crippen LogP contribution >= 0.6 is 23.2 Å². The molecule has 4 aromatic rings. The van der Waals surface area contributed by atoms with Gasteiger partial charge in [-0.2, -0.15) is 13.2 Å². The normalized spacial score (nSPS) is 11.4. The van der Waals surface area contributed by atoms with Crippen LogP contribution in [0.1, 0.15) is 27.0 Å². The first kappa shape index (κ1) is 23.9. The van der Waals surface area contributed by atoms with Crippen LogP contribution in [0.15, 0.2) is 79.4 Å². The molecule has 4 rings (SSSR count). The maximum absolute atomic E-state index is 13.7. The van der Waals surface area contributed by atoms with Gasteiger partial charge in [0.15, 0.2) is 0 Å². The van der Waals surface area contributed by atoms with E-state index in [1.807, 2.05) is 0 Å². The molecule has 0 radical (unpaired) electrons. The summed E-state index contributed by atoms with van der Waals surface area (Å²) in [6, 6.07) is 15.1. The van der Waals surface area contributed by atoms with Crippen LogP contribution < -0.4 is 5.32 Å². The number of nitrogens with one attached hydrogen (secondary N) is 1. The van der Waals surface area contributed by atoms with Crippen molar-refractivity contribution in [3.8, 4) is 11.1 Å². The van der Waals surface area contributed by atoms with Crippen LogP contribution in [-0.4, -0.2) is 15.5 Å². The summed E-state index contributed by atoms with van der Waals surface area (Å²) in [7, 11) is 0. The Hall–Kier alpha value is -3.29. The van der Waals surface area contributed by atoms with Crippen LogP contribution in [0.3, 0.4) is 0 Å². The zero-order valence-electron chi connectivity index (χ0n) is 17.6. The van der Waals surface area contributed by atoms with Crippen molar-refractivity contribution in [1.29, 1.82) is 0 Å². The summed E-state index contributed by atoms with van der Waals surface area (Å²) in [5.41, 5.74) is 1.17. The molecule has 0 aliphatic heterocycles. The predicted molar refractivity (Wildman–Crippen MR) is 126 cm³/mol. The molecule has 0 saturated heterocycles. The van der Waals surface area contributed by atoms with Gasteiger partial charge in [0.1, 0.15) is 0 Å². The number of alkyl halides is 3. The van der Waals surface area contributed by atoms with Crippen molar-refractivity contribution < 1.29 is 18.0 Å². The summed E-state index contributed by atoms with van der Waals surface area (Å²) >= 11 is 12.0. The van der Waals surface area contributed by atoms with Gasteiger partial charge in [-0.05, 0) is 58.7 Å². The van der Waals surface area contributed by atoms with E-state index < -0.39 is 17.6 Å². The molecule has 0 fully saturated rings. The van der Waals surface area contributed by atoms with E-state index in [-0.39, 0.29) is 17.7 Å². The SMILES string of the molecule is O=C(NCc1ccc(Cl)c(Cl)c1)c1cc(Cn2ccnc2)cc(-c2ccccc2C(F)(F)F)c1. The van der Waals surface area contributed by atoms with Gasteiger partial charge in [-0.15, -0.1) is 0 Å². The van der Waals surface area contributed by atoms with E-state index in [4.69, 9.17) is 23.2 Å². The highest BCUT2D eigenvalue weighted by Gasteiger charge is 2.33. The number of halogens is 5. The Morgan fingerprint density at radius 2 is 1.76 bits per heavy atom. The fraction of sp³-hybridized carbons (Fsp3) is 0.120. The van der Waals surface area contributed by atoms with Gasteiger partial charge in [-0.1, -0.05) is 47.5 Å². The fourth-order valence-corrected chi connectivity index (χ4v) is 3.90. The van der Waals surface area contributed by atoms with Crippen molar-refractivity contribution in [2.24, 2.45) is 0 Å². The number of amides is 1. The molecular formula is C25H18Cl2F3N3O. The first-order valence-electron chi connectivity index (χ1n) is 10.2. The van der Waals surface area contributed by atoms with Gasteiger partial charge in [0.05, 0.1) is 21.9 Å². The lowest BCUT2D eigenvalue weighted by molar-refractivity contribution is -0.137. The number of hydrogen-bond acceptors (Lipinski definition) is 2. The van der Waals surface area contributed by atoms with Gasteiger partial charge in [-0.3, -0.25) is 4.79 Å². The minimum absolute atomic E-state index is 0.000939. The Bertz CT molecular complexity index is 1320. The maximum atomic E-state index is 13.7. The summed E-state index contributed by atoms with van der Waals surface area (Å²) in [4.78, 5) is 17.0. The Morgan fingerprint density at radius 1 is 0.971 bits per heavy atom. The third-order valence-electron chi connectivity index (χ3n) is 5.16. The molecule has 4 nitrogen and oxygen atoms in total. The van der Waals surface area contributed by atoms with Crippen LogP contribution in [0, 0.1) is 0 Å². The van der Waals surface area contributed by atoms with Gasteiger partial charge >= 0.3 is 6.18 Å². The summed E-state index contributed by atoms with van der Waals surface area (Å²) in [5, 5.41) is 3.55. The third kappa shape index (κ3) is 5.61. The summed E-state index contributed by atoms with van der Waals surface area (Å²) in [6.07, 6.45) is 0.404. The molecule has 34 heavy (non-hydrogen) atoms. The first-order chi connectivity index (χ1) is 16.2. The predicted octanol–water partition coefficient (Wildman–Crippen LogP) is 6.85. The second-order valence-corrected chi connectivity index (χ2v) is 8.44. The third-order valence-corrected chi connectivity index (χ3v) is 5.90. The molecule has 0 atom stereocenters. The van der Waals surface area contributed by atoms with E-state index in [9.17, 15) is 18.0 Å². The summed E-state index contributed by atoms with van der Waals surface area (Å²) in [5.74, 6) is -0.427. The monoisotopic (exact) mass is 503 g/mol. The van der Waals surface area contributed by atoms with Gasteiger partial charge in [0, 0.05) is 31.0 Å².